The van der Waals surface area contributed by atoms with Gasteiger partial charge in [-0.1, -0.05) is 44.5 Å². The average molecular weight is 408 g/mol. The largest absolute Gasteiger partial charge is 0.350 e. The van der Waals surface area contributed by atoms with Gasteiger partial charge in [0.05, 0.1) is 5.69 Å². The summed E-state index contributed by atoms with van der Waals surface area (Å²) in [6.07, 6.45) is 3.39. The molecule has 0 atom stereocenters. The molecule has 0 saturated heterocycles. The number of carbonyl (C=O) groups excluding carboxylic acids is 1. The molecule has 0 bridgehead atoms. The minimum atomic E-state index is -0.158. The Balaban J connectivity index is 2.21. The first kappa shape index (κ1) is 21.0. The van der Waals surface area contributed by atoms with Crippen LogP contribution in [0.3, 0.4) is 0 Å². The lowest BCUT2D eigenvalue weighted by molar-refractivity contribution is 0.0943. The highest BCUT2D eigenvalue weighted by Gasteiger charge is 2.22. The fraction of sp³-hybridized carbons (Fsp3) is 0.292. The van der Waals surface area contributed by atoms with Crippen molar-refractivity contribution >= 4 is 17.5 Å². The van der Waals surface area contributed by atoms with Crippen LogP contribution in [-0.4, -0.2) is 21.9 Å². The van der Waals surface area contributed by atoms with Crippen molar-refractivity contribution < 1.29 is 4.79 Å². The summed E-state index contributed by atoms with van der Waals surface area (Å²) in [5.41, 5.74) is 5.16. The summed E-state index contributed by atoms with van der Waals surface area (Å²) >= 11 is 6.06. The number of benzene rings is 2. The summed E-state index contributed by atoms with van der Waals surface area (Å²) in [6.45, 7) is 10.3. The van der Waals surface area contributed by atoms with Crippen molar-refractivity contribution in [3.63, 3.8) is 0 Å². The third-order valence-corrected chi connectivity index (χ3v) is 4.78. The van der Waals surface area contributed by atoms with E-state index >= 15 is 0 Å². The molecule has 0 aliphatic heterocycles. The molecule has 0 fully saturated rings. The van der Waals surface area contributed by atoms with E-state index in [0.29, 0.717) is 10.6 Å². The lowest BCUT2D eigenvalue weighted by atomic mass is 9.86. The molecule has 150 valence electrons. The second kappa shape index (κ2) is 8.34. The Morgan fingerprint density at radius 1 is 1.00 bits per heavy atom. The molecule has 0 aliphatic rings. The van der Waals surface area contributed by atoms with Crippen LogP contribution < -0.4 is 5.32 Å². The lowest BCUT2D eigenvalue weighted by Crippen LogP contribution is -2.30. The summed E-state index contributed by atoms with van der Waals surface area (Å²) in [7, 11) is 0. The highest BCUT2D eigenvalue weighted by molar-refractivity contribution is 6.30. The van der Waals surface area contributed by atoms with Crippen molar-refractivity contribution in [3.8, 4) is 22.3 Å². The second-order valence-electron chi connectivity index (χ2n) is 8.47. The molecule has 0 unspecified atom stereocenters. The maximum absolute atomic E-state index is 12.8. The fourth-order valence-corrected chi connectivity index (χ4v) is 3.33. The first-order valence-electron chi connectivity index (χ1n) is 9.68. The Kier molecular flexibility index (Phi) is 6.04. The minimum absolute atomic E-state index is 0.0512. The van der Waals surface area contributed by atoms with E-state index in [2.05, 4.69) is 42.1 Å². The van der Waals surface area contributed by atoms with Crippen LogP contribution in [0.5, 0.6) is 0 Å². The Hall–Kier alpha value is -2.72. The van der Waals surface area contributed by atoms with Gasteiger partial charge >= 0.3 is 0 Å². The second-order valence-corrected chi connectivity index (χ2v) is 8.91. The van der Waals surface area contributed by atoms with Crippen LogP contribution in [0.4, 0.5) is 0 Å². The zero-order valence-corrected chi connectivity index (χ0v) is 18.2. The molecule has 2 aromatic carbocycles. The van der Waals surface area contributed by atoms with E-state index in [-0.39, 0.29) is 17.4 Å². The van der Waals surface area contributed by atoms with Gasteiger partial charge in [-0.2, -0.15) is 0 Å². The molecule has 3 rings (SSSR count). The fourth-order valence-electron chi connectivity index (χ4n) is 3.21. The maximum atomic E-state index is 12.8. The first-order valence-corrected chi connectivity index (χ1v) is 10.1. The number of rotatable bonds is 4. The molecule has 1 amide bonds. The van der Waals surface area contributed by atoms with E-state index in [1.165, 1.54) is 0 Å². The average Bonchev–Trinajstić information content (AvgIpc) is 2.67. The van der Waals surface area contributed by atoms with Crippen molar-refractivity contribution in [3.05, 3.63) is 71.3 Å². The number of carbonyl (C=O) groups is 1. The van der Waals surface area contributed by atoms with Crippen LogP contribution >= 0.6 is 11.6 Å². The van der Waals surface area contributed by atoms with Crippen LogP contribution in [0.1, 0.15) is 50.7 Å². The molecule has 0 radical (unpaired) electrons. The predicted molar refractivity (Wildman–Crippen MR) is 119 cm³/mol. The predicted octanol–water partition coefficient (Wildman–Crippen LogP) is 5.90. The first-order chi connectivity index (χ1) is 13.6. The van der Waals surface area contributed by atoms with Gasteiger partial charge < -0.3 is 5.32 Å². The summed E-state index contributed by atoms with van der Waals surface area (Å²) < 4.78 is 0. The maximum Gasteiger partial charge on any atom is 0.251 e. The van der Waals surface area contributed by atoms with Crippen LogP contribution in [-0.2, 0) is 5.41 Å². The van der Waals surface area contributed by atoms with E-state index in [1.54, 1.807) is 6.33 Å². The van der Waals surface area contributed by atoms with Gasteiger partial charge in [0.1, 0.15) is 6.33 Å². The van der Waals surface area contributed by atoms with Crippen LogP contribution in [0.15, 0.2) is 55.0 Å². The topological polar surface area (TPSA) is 54.9 Å². The Bertz CT molecular complexity index is 1020. The summed E-state index contributed by atoms with van der Waals surface area (Å²) in [5, 5.41) is 3.65. The molecule has 5 heteroatoms. The van der Waals surface area contributed by atoms with E-state index in [9.17, 15) is 4.79 Å². The van der Waals surface area contributed by atoms with Crippen LogP contribution in [0.2, 0.25) is 5.02 Å². The van der Waals surface area contributed by atoms with Gasteiger partial charge in [0.2, 0.25) is 0 Å². The standard InChI is InChI=1S/C24H26ClN3O/c1-15(2)28-23(29)19-11-17(16-6-8-20(25)9-7-16)10-18(12-19)21-13-26-14-27-22(21)24(3,4)5/h6-15H,1-5H3,(H,28,29). The monoisotopic (exact) mass is 407 g/mol. The number of nitrogens with zero attached hydrogens (tertiary/aromatic N) is 2. The number of amides is 1. The smallest absolute Gasteiger partial charge is 0.251 e. The zero-order valence-electron chi connectivity index (χ0n) is 17.5. The molecule has 0 aliphatic carbocycles. The molecule has 0 saturated carbocycles. The molecular formula is C24H26ClN3O. The molecule has 1 N–H and O–H groups in total. The van der Waals surface area contributed by atoms with Crippen molar-refractivity contribution in [2.75, 3.05) is 0 Å². The van der Waals surface area contributed by atoms with E-state index in [4.69, 9.17) is 11.6 Å². The number of aromatic nitrogens is 2. The molecule has 29 heavy (non-hydrogen) atoms. The number of halogens is 1. The lowest BCUT2D eigenvalue weighted by Gasteiger charge is -2.21. The Morgan fingerprint density at radius 3 is 2.28 bits per heavy atom. The quantitative estimate of drug-likeness (QED) is 0.585. The molecule has 4 nitrogen and oxygen atoms in total. The van der Waals surface area contributed by atoms with Crippen molar-refractivity contribution in [2.24, 2.45) is 0 Å². The normalized spacial score (nSPS) is 11.6. The number of nitrogens with one attached hydrogen (secondary N) is 1. The van der Waals surface area contributed by atoms with Crippen molar-refractivity contribution in [2.45, 2.75) is 46.1 Å². The highest BCUT2D eigenvalue weighted by atomic mass is 35.5. The van der Waals surface area contributed by atoms with Gasteiger partial charge in [-0.3, -0.25) is 4.79 Å². The molecule has 3 aromatic rings. The van der Waals surface area contributed by atoms with E-state index < -0.39 is 0 Å². The summed E-state index contributed by atoms with van der Waals surface area (Å²) in [6, 6.07) is 13.6. The Labute approximate surface area is 177 Å². The number of hydrogen-bond donors (Lipinski definition) is 1. The Morgan fingerprint density at radius 2 is 1.66 bits per heavy atom. The summed E-state index contributed by atoms with van der Waals surface area (Å²) in [5.74, 6) is -0.105. The molecule has 1 aromatic heterocycles. The third kappa shape index (κ3) is 5.01. The number of hydrogen-bond acceptors (Lipinski definition) is 3. The summed E-state index contributed by atoms with van der Waals surface area (Å²) in [4.78, 5) is 21.6. The van der Waals surface area contributed by atoms with Gasteiger partial charge in [0.25, 0.3) is 5.91 Å². The minimum Gasteiger partial charge on any atom is -0.350 e. The SMILES string of the molecule is CC(C)NC(=O)c1cc(-c2ccc(Cl)cc2)cc(-c2cncnc2C(C)(C)C)c1. The highest BCUT2D eigenvalue weighted by Crippen LogP contribution is 2.34. The molecular weight excluding hydrogens is 382 g/mol. The van der Waals surface area contributed by atoms with Gasteiger partial charge in [-0.15, -0.1) is 0 Å². The van der Waals surface area contributed by atoms with Crippen molar-refractivity contribution in [1.29, 1.82) is 0 Å². The van der Waals surface area contributed by atoms with Gasteiger partial charge in [0.15, 0.2) is 0 Å². The third-order valence-electron chi connectivity index (χ3n) is 4.53. The van der Waals surface area contributed by atoms with E-state index in [0.717, 1.165) is 27.9 Å². The van der Waals surface area contributed by atoms with Crippen molar-refractivity contribution in [1.82, 2.24) is 15.3 Å². The van der Waals surface area contributed by atoms with Gasteiger partial charge in [0, 0.05) is 33.8 Å². The van der Waals surface area contributed by atoms with E-state index in [1.807, 2.05) is 56.4 Å². The molecule has 1 heterocycles. The van der Waals surface area contributed by atoms with Gasteiger partial charge in [-0.05, 0) is 60.9 Å². The molecule has 0 spiro atoms. The van der Waals surface area contributed by atoms with Crippen LogP contribution in [0.25, 0.3) is 22.3 Å². The van der Waals surface area contributed by atoms with Crippen LogP contribution in [0, 0.1) is 0 Å². The zero-order chi connectivity index (χ0) is 21.2. The van der Waals surface area contributed by atoms with Gasteiger partial charge in [-0.25, -0.2) is 9.97 Å².